The van der Waals surface area contributed by atoms with Crippen molar-refractivity contribution in [2.45, 2.75) is 6.92 Å². The highest BCUT2D eigenvalue weighted by atomic mass is 16.7. The highest BCUT2D eigenvalue weighted by Crippen LogP contribution is 2.25. The Balaban J connectivity index is 1.96. The van der Waals surface area contributed by atoms with Gasteiger partial charge < -0.3 is 19.5 Å². The molecule has 0 radical (unpaired) electrons. The Hall–Kier alpha value is -2.50. The lowest BCUT2D eigenvalue weighted by molar-refractivity contribution is -0.135. The molecular weight excluding hydrogens is 274 g/mol. The average Bonchev–Trinajstić information content (AvgIpc) is 2.49. The molecule has 1 amide bonds. The van der Waals surface area contributed by atoms with Gasteiger partial charge in [-0.3, -0.25) is 4.79 Å². The Morgan fingerprint density at radius 3 is 2.57 bits per heavy atom. The number of hydrogen-bond donors (Lipinski definition) is 1. The fourth-order valence-corrected chi connectivity index (χ4v) is 1.72. The highest BCUT2D eigenvalue weighted by Gasteiger charge is 2.40. The van der Waals surface area contributed by atoms with Gasteiger partial charge in [-0.2, -0.15) is 0 Å². The minimum absolute atomic E-state index is 0.00179. The number of ether oxygens (including phenoxy) is 3. The number of benzene rings is 1. The van der Waals surface area contributed by atoms with Crippen LogP contribution in [-0.2, 0) is 14.3 Å². The van der Waals surface area contributed by atoms with Crippen LogP contribution in [0.2, 0.25) is 0 Å². The summed E-state index contributed by atoms with van der Waals surface area (Å²) in [4.78, 5) is 23.1. The quantitative estimate of drug-likeness (QED) is 0.666. The van der Waals surface area contributed by atoms with Crippen LogP contribution in [-0.4, -0.2) is 31.9 Å². The molecule has 1 aromatic rings. The summed E-state index contributed by atoms with van der Waals surface area (Å²) in [7, 11) is 0. The van der Waals surface area contributed by atoms with E-state index in [0.29, 0.717) is 18.0 Å². The minimum Gasteiger partial charge on any atom is -0.490 e. The van der Waals surface area contributed by atoms with Crippen molar-refractivity contribution in [3.63, 3.8) is 0 Å². The predicted molar refractivity (Wildman–Crippen MR) is 76.2 cm³/mol. The number of hydrogen-bond acceptors (Lipinski definition) is 5. The van der Waals surface area contributed by atoms with Crippen molar-refractivity contribution in [2.24, 2.45) is 5.41 Å². The van der Waals surface area contributed by atoms with Gasteiger partial charge in [-0.15, -0.1) is 0 Å². The number of carbonyl (C=O) groups excluding carboxylic acids is 2. The minimum atomic E-state index is -0.897. The van der Waals surface area contributed by atoms with Crippen molar-refractivity contribution < 1.29 is 23.8 Å². The van der Waals surface area contributed by atoms with Crippen molar-refractivity contribution in [2.75, 3.05) is 25.1 Å². The first-order valence-electron chi connectivity index (χ1n) is 6.48. The number of carbonyl (C=O) groups is 2. The van der Waals surface area contributed by atoms with Gasteiger partial charge in [0.25, 0.3) is 0 Å². The van der Waals surface area contributed by atoms with E-state index in [9.17, 15) is 9.59 Å². The molecule has 1 saturated heterocycles. The molecule has 6 nitrogen and oxygen atoms in total. The van der Waals surface area contributed by atoms with Gasteiger partial charge in [0, 0.05) is 5.69 Å². The molecular formula is C15H17NO5. The Labute approximate surface area is 122 Å². The Bertz CT molecular complexity index is 527. The Morgan fingerprint density at radius 1 is 1.38 bits per heavy atom. The van der Waals surface area contributed by atoms with E-state index in [4.69, 9.17) is 14.2 Å². The average molecular weight is 291 g/mol. The van der Waals surface area contributed by atoms with Gasteiger partial charge in [0.05, 0.1) is 0 Å². The zero-order valence-corrected chi connectivity index (χ0v) is 11.8. The molecule has 0 spiro atoms. The van der Waals surface area contributed by atoms with E-state index in [1.165, 1.54) is 0 Å². The molecule has 0 atom stereocenters. The van der Waals surface area contributed by atoms with Crippen molar-refractivity contribution >= 4 is 17.7 Å². The largest absolute Gasteiger partial charge is 0.508 e. The molecule has 1 aliphatic rings. The number of rotatable bonds is 5. The predicted octanol–water partition coefficient (Wildman–Crippen LogP) is 2.36. The van der Waals surface area contributed by atoms with Crippen LogP contribution in [0, 0.1) is 5.41 Å². The van der Waals surface area contributed by atoms with Crippen LogP contribution in [0.4, 0.5) is 10.5 Å². The molecule has 1 aliphatic heterocycles. The molecule has 1 aromatic carbocycles. The fraction of sp³-hybridized carbons (Fsp3) is 0.333. The summed E-state index contributed by atoms with van der Waals surface area (Å²) in [6.45, 7) is 5.66. The summed E-state index contributed by atoms with van der Waals surface area (Å²) in [5, 5.41) is 2.76. The van der Waals surface area contributed by atoms with Crippen LogP contribution in [0.5, 0.6) is 5.75 Å². The van der Waals surface area contributed by atoms with Crippen LogP contribution in [0.25, 0.3) is 0 Å². The molecule has 0 aliphatic carbocycles. The van der Waals surface area contributed by atoms with E-state index in [1.807, 2.05) is 0 Å². The van der Waals surface area contributed by atoms with Crippen molar-refractivity contribution in [3.05, 3.63) is 36.9 Å². The third kappa shape index (κ3) is 3.75. The number of nitrogens with one attached hydrogen (secondary N) is 1. The standard InChI is InChI=1S/C15H17NO5/c1-3-8-19-12-6-4-11(5-7-12)16-13(17)15(2)9-20-14(18)21-10-15/h3-7H,1,8-10H2,2H3,(H,16,17). The molecule has 1 N–H and O–H groups in total. The van der Waals surface area contributed by atoms with Crippen LogP contribution in [0.15, 0.2) is 36.9 Å². The van der Waals surface area contributed by atoms with Crippen LogP contribution in [0.3, 0.4) is 0 Å². The van der Waals surface area contributed by atoms with E-state index in [1.54, 1.807) is 37.3 Å². The van der Waals surface area contributed by atoms with Crippen LogP contribution >= 0.6 is 0 Å². The SMILES string of the molecule is C=CCOc1ccc(NC(=O)C2(C)COC(=O)OC2)cc1. The summed E-state index contributed by atoms with van der Waals surface area (Å²) in [5.41, 5.74) is -0.268. The zero-order chi connectivity index (χ0) is 15.3. The van der Waals surface area contributed by atoms with Crippen molar-refractivity contribution in [1.82, 2.24) is 0 Å². The number of amides is 1. The lowest BCUT2D eigenvalue weighted by Gasteiger charge is -2.30. The van der Waals surface area contributed by atoms with Gasteiger partial charge >= 0.3 is 6.16 Å². The van der Waals surface area contributed by atoms with Gasteiger partial charge in [0.2, 0.25) is 5.91 Å². The summed E-state index contributed by atoms with van der Waals surface area (Å²) in [6.07, 6.45) is 0.907. The first kappa shape index (κ1) is 14.9. The summed E-state index contributed by atoms with van der Waals surface area (Å²) < 4.78 is 14.9. The molecule has 2 rings (SSSR count). The first-order valence-corrected chi connectivity index (χ1v) is 6.48. The van der Waals surface area contributed by atoms with Gasteiger partial charge in [-0.1, -0.05) is 12.7 Å². The summed E-state index contributed by atoms with van der Waals surface area (Å²) >= 11 is 0. The second kappa shape index (κ2) is 6.30. The number of anilines is 1. The van der Waals surface area contributed by atoms with Gasteiger partial charge in [0.15, 0.2) is 0 Å². The normalized spacial score (nSPS) is 16.3. The van der Waals surface area contributed by atoms with E-state index >= 15 is 0 Å². The lowest BCUT2D eigenvalue weighted by atomic mass is 9.91. The second-order valence-corrected chi connectivity index (χ2v) is 4.97. The molecule has 21 heavy (non-hydrogen) atoms. The molecule has 112 valence electrons. The van der Waals surface area contributed by atoms with Gasteiger partial charge in [0.1, 0.15) is 31.0 Å². The molecule has 1 fully saturated rings. The molecule has 0 aromatic heterocycles. The molecule has 1 heterocycles. The van der Waals surface area contributed by atoms with E-state index < -0.39 is 11.6 Å². The smallest absolute Gasteiger partial charge is 0.490 e. The second-order valence-electron chi connectivity index (χ2n) is 4.97. The first-order chi connectivity index (χ1) is 10.0. The maximum Gasteiger partial charge on any atom is 0.508 e. The summed E-state index contributed by atoms with van der Waals surface area (Å²) in [6, 6.07) is 6.96. The fourth-order valence-electron chi connectivity index (χ4n) is 1.72. The monoisotopic (exact) mass is 291 g/mol. The molecule has 0 bridgehead atoms. The Morgan fingerprint density at radius 2 is 2.00 bits per heavy atom. The highest BCUT2D eigenvalue weighted by molar-refractivity contribution is 5.95. The zero-order valence-electron chi connectivity index (χ0n) is 11.8. The molecule has 0 saturated carbocycles. The number of cyclic esters (lactones) is 2. The van der Waals surface area contributed by atoms with Crippen molar-refractivity contribution in [1.29, 1.82) is 0 Å². The summed E-state index contributed by atoms with van der Waals surface area (Å²) in [5.74, 6) is 0.420. The van der Waals surface area contributed by atoms with E-state index in [-0.39, 0.29) is 19.1 Å². The molecule has 6 heteroatoms. The third-order valence-corrected chi connectivity index (χ3v) is 3.05. The van der Waals surface area contributed by atoms with E-state index in [2.05, 4.69) is 11.9 Å². The maximum atomic E-state index is 12.2. The van der Waals surface area contributed by atoms with Crippen LogP contribution < -0.4 is 10.1 Å². The van der Waals surface area contributed by atoms with Crippen molar-refractivity contribution in [3.8, 4) is 5.75 Å². The topological polar surface area (TPSA) is 73.9 Å². The molecule has 0 unspecified atom stereocenters. The van der Waals surface area contributed by atoms with E-state index in [0.717, 1.165) is 0 Å². The van der Waals surface area contributed by atoms with Gasteiger partial charge in [-0.05, 0) is 31.2 Å². The van der Waals surface area contributed by atoms with Crippen LogP contribution in [0.1, 0.15) is 6.92 Å². The lowest BCUT2D eigenvalue weighted by Crippen LogP contribution is -2.46. The maximum absolute atomic E-state index is 12.2. The Kier molecular flexibility index (Phi) is 4.47. The third-order valence-electron chi connectivity index (χ3n) is 3.05. The van der Waals surface area contributed by atoms with Gasteiger partial charge in [-0.25, -0.2) is 4.79 Å².